The molecule has 0 spiro atoms. The second-order valence-electron chi connectivity index (χ2n) is 6.09. The van der Waals surface area contributed by atoms with E-state index in [1.165, 1.54) is 16.5 Å². The van der Waals surface area contributed by atoms with E-state index in [1.54, 1.807) is 0 Å². The van der Waals surface area contributed by atoms with Gasteiger partial charge in [0.2, 0.25) is 0 Å². The number of hydrogen-bond acceptors (Lipinski definition) is 3. The first kappa shape index (κ1) is 15.1. The van der Waals surface area contributed by atoms with Gasteiger partial charge in [0.05, 0.1) is 30.3 Å². The number of aryl methyl sites for hydroxylation is 1. The first-order chi connectivity index (χ1) is 10.7. The molecule has 0 radical (unpaired) electrons. The Morgan fingerprint density at radius 1 is 1.27 bits per heavy atom. The van der Waals surface area contributed by atoms with Crippen molar-refractivity contribution in [1.82, 2.24) is 9.78 Å². The van der Waals surface area contributed by atoms with Crippen molar-refractivity contribution in [1.29, 1.82) is 0 Å². The van der Waals surface area contributed by atoms with Gasteiger partial charge in [-0.05, 0) is 56.7 Å². The molecule has 0 atom stereocenters. The highest BCUT2D eigenvalue weighted by Crippen LogP contribution is 2.34. The Morgan fingerprint density at radius 2 is 2.05 bits per heavy atom. The maximum atomic E-state index is 11.8. The zero-order chi connectivity index (χ0) is 15.5. The average molecular weight is 300 g/mol. The van der Waals surface area contributed by atoms with Crippen molar-refractivity contribution < 1.29 is 9.53 Å². The second-order valence-corrected chi connectivity index (χ2v) is 6.09. The lowest BCUT2D eigenvalue weighted by molar-refractivity contribution is -0.149. The van der Waals surface area contributed by atoms with E-state index in [4.69, 9.17) is 4.74 Å². The Hall–Kier alpha value is -1.84. The summed E-state index contributed by atoms with van der Waals surface area (Å²) in [5.74, 6) is 0.0450. The van der Waals surface area contributed by atoms with Crippen molar-refractivity contribution in [2.75, 3.05) is 6.61 Å². The Labute approximate surface area is 131 Å². The van der Waals surface area contributed by atoms with Gasteiger partial charge in [-0.25, -0.2) is 0 Å². The lowest BCUT2D eigenvalue weighted by atomic mass is 9.86. The van der Waals surface area contributed by atoms with Crippen LogP contribution in [0, 0.1) is 5.92 Å². The van der Waals surface area contributed by atoms with Crippen LogP contribution in [-0.2, 0) is 16.0 Å². The molecule has 1 heterocycles. The van der Waals surface area contributed by atoms with Crippen LogP contribution in [0.25, 0.3) is 10.9 Å². The smallest absolute Gasteiger partial charge is 0.308 e. The summed E-state index contributed by atoms with van der Waals surface area (Å²) in [6.45, 7) is 4.51. The Balaban J connectivity index is 1.72. The topological polar surface area (TPSA) is 44.1 Å². The number of carbonyl (C=O) groups is 1. The Kier molecular flexibility index (Phi) is 4.46. The number of benzene rings is 1. The highest BCUT2D eigenvalue weighted by Gasteiger charge is 2.28. The molecule has 1 aromatic carbocycles. The molecule has 1 saturated carbocycles. The molecule has 1 aromatic heterocycles. The van der Waals surface area contributed by atoms with Gasteiger partial charge in [0.15, 0.2) is 0 Å². The standard InChI is InChI=1S/C18H24N2O2/c1-3-13-5-10-17-15(11-13)12-19-20(17)16-8-6-14(7-9-16)18(21)22-4-2/h5,10-12,14,16H,3-4,6-9H2,1-2H3. The predicted octanol–water partition coefficient (Wildman–Crippen LogP) is 3.89. The quantitative estimate of drug-likeness (QED) is 0.805. The predicted molar refractivity (Wildman–Crippen MR) is 86.7 cm³/mol. The fourth-order valence-electron chi connectivity index (χ4n) is 3.43. The van der Waals surface area contributed by atoms with Crippen LogP contribution in [0.3, 0.4) is 0 Å². The van der Waals surface area contributed by atoms with Crippen molar-refractivity contribution in [2.45, 2.75) is 52.0 Å². The van der Waals surface area contributed by atoms with Crippen molar-refractivity contribution in [3.63, 3.8) is 0 Å². The maximum absolute atomic E-state index is 11.8. The minimum absolute atomic E-state index is 0.0288. The number of nitrogens with zero attached hydrogens (tertiary/aromatic N) is 2. The monoisotopic (exact) mass is 300 g/mol. The molecule has 118 valence electrons. The van der Waals surface area contributed by atoms with Crippen LogP contribution in [0.2, 0.25) is 0 Å². The number of carbonyl (C=O) groups excluding carboxylic acids is 1. The number of fused-ring (bicyclic) bond motifs is 1. The van der Waals surface area contributed by atoms with Gasteiger partial charge in [-0.2, -0.15) is 5.10 Å². The number of esters is 1. The van der Waals surface area contributed by atoms with Crippen LogP contribution < -0.4 is 0 Å². The first-order valence-corrected chi connectivity index (χ1v) is 8.35. The second kappa shape index (κ2) is 6.51. The average Bonchev–Trinajstić information content (AvgIpc) is 2.98. The number of aromatic nitrogens is 2. The van der Waals surface area contributed by atoms with E-state index in [1.807, 2.05) is 13.1 Å². The molecule has 22 heavy (non-hydrogen) atoms. The van der Waals surface area contributed by atoms with Crippen LogP contribution >= 0.6 is 0 Å². The fourth-order valence-corrected chi connectivity index (χ4v) is 3.43. The molecule has 2 aromatic rings. The third kappa shape index (κ3) is 2.87. The minimum atomic E-state index is -0.0288. The van der Waals surface area contributed by atoms with Gasteiger partial charge >= 0.3 is 5.97 Å². The summed E-state index contributed by atoms with van der Waals surface area (Å²) in [6.07, 6.45) is 6.80. The van der Waals surface area contributed by atoms with Crippen molar-refractivity contribution >= 4 is 16.9 Å². The molecule has 4 nitrogen and oxygen atoms in total. The summed E-state index contributed by atoms with van der Waals surface area (Å²) >= 11 is 0. The third-order valence-electron chi connectivity index (χ3n) is 4.73. The first-order valence-electron chi connectivity index (χ1n) is 8.35. The Bertz CT molecular complexity index is 654. The fraction of sp³-hybridized carbons (Fsp3) is 0.556. The van der Waals surface area contributed by atoms with E-state index < -0.39 is 0 Å². The van der Waals surface area contributed by atoms with Crippen LogP contribution in [0.1, 0.15) is 51.1 Å². The zero-order valence-corrected chi connectivity index (χ0v) is 13.4. The number of rotatable bonds is 4. The van der Waals surface area contributed by atoms with Crippen LogP contribution in [0.4, 0.5) is 0 Å². The Morgan fingerprint density at radius 3 is 2.73 bits per heavy atom. The molecule has 0 aliphatic heterocycles. The van der Waals surface area contributed by atoms with Gasteiger partial charge in [-0.1, -0.05) is 13.0 Å². The summed E-state index contributed by atoms with van der Waals surface area (Å²) in [5.41, 5.74) is 2.55. The molecule has 1 fully saturated rings. The molecule has 1 aliphatic carbocycles. The van der Waals surface area contributed by atoms with E-state index in [9.17, 15) is 4.79 Å². The lowest BCUT2D eigenvalue weighted by Crippen LogP contribution is -2.25. The van der Waals surface area contributed by atoms with Gasteiger partial charge in [-0.15, -0.1) is 0 Å². The van der Waals surface area contributed by atoms with E-state index in [0.717, 1.165) is 32.1 Å². The van der Waals surface area contributed by atoms with E-state index in [2.05, 4.69) is 34.9 Å². The van der Waals surface area contributed by atoms with Crippen molar-refractivity contribution in [2.24, 2.45) is 5.92 Å². The zero-order valence-electron chi connectivity index (χ0n) is 13.4. The molecule has 0 N–H and O–H groups in total. The molecule has 0 unspecified atom stereocenters. The molecule has 3 rings (SSSR count). The summed E-state index contributed by atoms with van der Waals surface area (Å²) in [4.78, 5) is 11.8. The molecule has 4 heteroatoms. The number of hydrogen-bond donors (Lipinski definition) is 0. The molecular weight excluding hydrogens is 276 g/mol. The maximum Gasteiger partial charge on any atom is 0.308 e. The van der Waals surface area contributed by atoms with Gasteiger partial charge in [-0.3, -0.25) is 9.48 Å². The van der Waals surface area contributed by atoms with Crippen molar-refractivity contribution in [3.8, 4) is 0 Å². The minimum Gasteiger partial charge on any atom is -0.466 e. The number of ether oxygens (including phenoxy) is 1. The summed E-state index contributed by atoms with van der Waals surface area (Å²) < 4.78 is 7.29. The molecular formula is C18H24N2O2. The summed E-state index contributed by atoms with van der Waals surface area (Å²) in [7, 11) is 0. The normalized spacial score (nSPS) is 21.9. The largest absolute Gasteiger partial charge is 0.466 e. The van der Waals surface area contributed by atoms with Gasteiger partial charge in [0, 0.05) is 5.39 Å². The van der Waals surface area contributed by atoms with E-state index >= 15 is 0 Å². The summed E-state index contributed by atoms with van der Waals surface area (Å²) in [6, 6.07) is 6.99. The van der Waals surface area contributed by atoms with Gasteiger partial charge in [0.1, 0.15) is 0 Å². The summed E-state index contributed by atoms with van der Waals surface area (Å²) in [5, 5.41) is 5.82. The molecule has 0 bridgehead atoms. The van der Waals surface area contributed by atoms with Gasteiger partial charge < -0.3 is 4.74 Å². The van der Waals surface area contributed by atoms with Crippen LogP contribution in [0.5, 0.6) is 0 Å². The van der Waals surface area contributed by atoms with E-state index in [0.29, 0.717) is 12.6 Å². The highest BCUT2D eigenvalue weighted by molar-refractivity contribution is 5.79. The molecule has 1 aliphatic rings. The lowest BCUT2D eigenvalue weighted by Gasteiger charge is -2.27. The van der Waals surface area contributed by atoms with Crippen LogP contribution in [-0.4, -0.2) is 22.4 Å². The van der Waals surface area contributed by atoms with Crippen molar-refractivity contribution in [3.05, 3.63) is 30.0 Å². The van der Waals surface area contributed by atoms with E-state index in [-0.39, 0.29) is 11.9 Å². The molecule has 0 amide bonds. The SMILES string of the molecule is CCOC(=O)C1CCC(n2ncc3cc(CC)ccc32)CC1. The highest BCUT2D eigenvalue weighted by atomic mass is 16.5. The van der Waals surface area contributed by atoms with Crippen LogP contribution in [0.15, 0.2) is 24.4 Å². The molecule has 0 saturated heterocycles. The third-order valence-corrected chi connectivity index (χ3v) is 4.73. The van der Waals surface area contributed by atoms with Gasteiger partial charge in [0.25, 0.3) is 0 Å².